The molecule has 0 spiro atoms. The molecule has 6 nitrogen and oxygen atoms in total. The van der Waals surface area contributed by atoms with E-state index in [1.807, 2.05) is 34.6 Å². The smallest absolute Gasteiger partial charge is 0.416 e. The maximum absolute atomic E-state index is 13.0. The van der Waals surface area contributed by atoms with E-state index in [4.69, 9.17) is 4.74 Å². The summed E-state index contributed by atoms with van der Waals surface area (Å²) in [5.74, 6) is 0.874. The monoisotopic (exact) mass is 451 g/mol. The summed E-state index contributed by atoms with van der Waals surface area (Å²) < 4.78 is 46.0. The number of amides is 1. The molecule has 0 aromatic carbocycles. The zero-order chi connectivity index (χ0) is 23.6. The van der Waals surface area contributed by atoms with Gasteiger partial charge < -0.3 is 14.0 Å². The number of alkyl halides is 3. The molecule has 1 aliphatic heterocycles. The second-order valence-electron chi connectivity index (χ2n) is 10.6. The Bertz CT molecular complexity index is 1060. The number of likely N-dealkylation sites (tertiary alicyclic amines) is 1. The van der Waals surface area contributed by atoms with Gasteiger partial charge in [-0.2, -0.15) is 13.2 Å². The fourth-order valence-electron chi connectivity index (χ4n) is 4.79. The summed E-state index contributed by atoms with van der Waals surface area (Å²) in [6.45, 7) is 10.2. The highest BCUT2D eigenvalue weighted by Gasteiger charge is 2.60. The first-order valence-corrected chi connectivity index (χ1v) is 10.7. The third-order valence-electron chi connectivity index (χ3n) is 6.30. The van der Waals surface area contributed by atoms with Crippen LogP contribution < -0.4 is 0 Å². The number of ether oxygens (including phenoxy) is 1. The van der Waals surface area contributed by atoms with Gasteiger partial charge in [-0.3, -0.25) is 4.79 Å². The Labute approximate surface area is 184 Å². The van der Waals surface area contributed by atoms with Crippen molar-refractivity contribution >= 4 is 17.4 Å². The topological polar surface area (TPSA) is 63.9 Å². The minimum absolute atomic E-state index is 0.0870. The number of carbonyl (C=O) groups excluding carboxylic acids is 2. The van der Waals surface area contributed by atoms with Gasteiger partial charge in [-0.05, 0) is 44.7 Å². The standard InChI is InChI=1S/C23H28F3N3O3/c1-21(2,3)32-20(31)28-11-15-16(12-28)18(15)17(30)9-22(4,5)19-27-10-14-8-13(23(24,25)26)6-7-29(14)19/h6-8,10,15-16,18H,9,11-12H2,1-5H3/t15-,16+,18?. The zero-order valence-corrected chi connectivity index (χ0v) is 18.9. The van der Waals surface area contributed by atoms with Gasteiger partial charge >= 0.3 is 12.3 Å². The normalized spacial score (nSPS) is 23.4. The van der Waals surface area contributed by atoms with Crippen LogP contribution in [0.4, 0.5) is 18.0 Å². The van der Waals surface area contributed by atoms with Gasteiger partial charge in [-0.15, -0.1) is 0 Å². The lowest BCUT2D eigenvalue weighted by Gasteiger charge is -2.26. The largest absolute Gasteiger partial charge is 0.444 e. The highest BCUT2D eigenvalue weighted by molar-refractivity contribution is 5.86. The fraction of sp³-hybridized carbons (Fsp3) is 0.609. The number of rotatable bonds is 4. The number of hydrogen-bond acceptors (Lipinski definition) is 4. The van der Waals surface area contributed by atoms with Gasteiger partial charge in [0.15, 0.2) is 0 Å². The molecule has 3 atom stereocenters. The number of halogens is 3. The molecule has 2 aromatic rings. The van der Waals surface area contributed by atoms with Crippen molar-refractivity contribution in [2.45, 2.75) is 58.2 Å². The van der Waals surface area contributed by atoms with Crippen LogP contribution in [-0.4, -0.2) is 44.9 Å². The summed E-state index contributed by atoms with van der Waals surface area (Å²) in [5.41, 5.74) is -1.60. The molecule has 4 rings (SSSR count). The Morgan fingerprint density at radius 2 is 1.75 bits per heavy atom. The molecule has 2 aromatic heterocycles. The summed E-state index contributed by atoms with van der Waals surface area (Å²) in [6, 6.07) is 2.08. The predicted octanol–water partition coefficient (Wildman–Crippen LogP) is 4.70. The van der Waals surface area contributed by atoms with Gasteiger partial charge in [0.25, 0.3) is 0 Å². The number of pyridine rings is 1. The summed E-state index contributed by atoms with van der Waals surface area (Å²) in [4.78, 5) is 31.3. The van der Waals surface area contributed by atoms with Crippen LogP contribution in [0.1, 0.15) is 52.4 Å². The van der Waals surface area contributed by atoms with Crippen LogP contribution in [0.2, 0.25) is 0 Å². The lowest BCUT2D eigenvalue weighted by Crippen LogP contribution is -2.37. The van der Waals surface area contributed by atoms with Gasteiger partial charge in [-0.1, -0.05) is 13.8 Å². The molecule has 0 radical (unpaired) electrons. The van der Waals surface area contributed by atoms with Gasteiger partial charge in [0.2, 0.25) is 0 Å². The lowest BCUT2D eigenvalue weighted by molar-refractivity contribution is -0.137. The number of aromatic nitrogens is 2. The number of imidazole rings is 1. The zero-order valence-electron chi connectivity index (χ0n) is 18.9. The van der Waals surface area contributed by atoms with Crippen molar-refractivity contribution in [3.05, 3.63) is 35.9 Å². The Balaban J connectivity index is 1.41. The Kier molecular flexibility index (Phi) is 5.10. The summed E-state index contributed by atoms with van der Waals surface area (Å²) in [7, 11) is 0. The molecule has 3 heterocycles. The molecule has 32 heavy (non-hydrogen) atoms. The average Bonchev–Trinajstić information content (AvgIpc) is 3.00. The highest BCUT2D eigenvalue weighted by Crippen LogP contribution is 2.53. The van der Waals surface area contributed by atoms with E-state index >= 15 is 0 Å². The molecule has 2 aliphatic rings. The van der Waals surface area contributed by atoms with E-state index in [9.17, 15) is 22.8 Å². The maximum atomic E-state index is 13.0. The van der Waals surface area contributed by atoms with Crippen LogP contribution in [-0.2, 0) is 21.1 Å². The quantitative estimate of drug-likeness (QED) is 0.676. The van der Waals surface area contributed by atoms with Crippen molar-refractivity contribution in [1.82, 2.24) is 14.3 Å². The van der Waals surface area contributed by atoms with Crippen molar-refractivity contribution in [2.24, 2.45) is 17.8 Å². The van der Waals surface area contributed by atoms with Gasteiger partial charge in [0, 0.05) is 37.0 Å². The van der Waals surface area contributed by atoms with Crippen molar-refractivity contribution in [3.8, 4) is 0 Å². The highest BCUT2D eigenvalue weighted by atomic mass is 19.4. The Hall–Kier alpha value is -2.58. The number of ketones is 1. The second kappa shape index (κ2) is 7.22. The molecule has 1 saturated carbocycles. The number of piperidine rings is 1. The number of Topliss-reactive ketones (excluding diaryl/α,β-unsaturated/α-hetero) is 1. The number of fused-ring (bicyclic) bond motifs is 2. The molecule has 0 N–H and O–H groups in total. The Morgan fingerprint density at radius 1 is 1.12 bits per heavy atom. The van der Waals surface area contributed by atoms with Crippen LogP contribution in [0.25, 0.3) is 5.52 Å². The molecule has 1 unspecified atom stereocenters. The van der Waals surface area contributed by atoms with E-state index in [2.05, 4.69) is 4.98 Å². The third-order valence-corrected chi connectivity index (χ3v) is 6.30. The van der Waals surface area contributed by atoms with Crippen LogP contribution in [0.3, 0.4) is 0 Å². The molecular formula is C23H28F3N3O3. The fourth-order valence-corrected chi connectivity index (χ4v) is 4.79. The minimum Gasteiger partial charge on any atom is -0.444 e. The number of nitrogens with zero attached hydrogens (tertiary/aromatic N) is 3. The summed E-state index contributed by atoms with van der Waals surface area (Å²) >= 11 is 0. The molecule has 1 saturated heterocycles. The molecule has 1 aliphatic carbocycles. The molecule has 174 valence electrons. The average molecular weight is 451 g/mol. The molecule has 2 fully saturated rings. The third kappa shape index (κ3) is 4.21. The van der Waals surface area contributed by atoms with Gasteiger partial charge in [0.1, 0.15) is 17.2 Å². The van der Waals surface area contributed by atoms with Crippen molar-refractivity contribution < 1.29 is 27.5 Å². The first-order chi connectivity index (χ1) is 14.7. The van der Waals surface area contributed by atoms with Crippen LogP contribution >= 0.6 is 0 Å². The molecule has 0 bridgehead atoms. The minimum atomic E-state index is -4.42. The first kappa shape index (κ1) is 22.6. The summed E-state index contributed by atoms with van der Waals surface area (Å²) in [5, 5.41) is 0. The second-order valence-corrected chi connectivity index (χ2v) is 10.6. The summed E-state index contributed by atoms with van der Waals surface area (Å²) in [6.07, 6.45) is -1.77. The predicted molar refractivity (Wildman–Crippen MR) is 111 cm³/mol. The molecule has 1 amide bonds. The van der Waals surface area contributed by atoms with Gasteiger partial charge in [0.05, 0.1) is 17.3 Å². The maximum Gasteiger partial charge on any atom is 0.416 e. The van der Waals surface area contributed by atoms with Crippen molar-refractivity contribution in [3.63, 3.8) is 0 Å². The van der Waals surface area contributed by atoms with E-state index in [0.717, 1.165) is 12.1 Å². The first-order valence-electron chi connectivity index (χ1n) is 10.7. The van der Waals surface area contributed by atoms with E-state index in [1.54, 1.807) is 9.30 Å². The van der Waals surface area contributed by atoms with Crippen LogP contribution in [0, 0.1) is 17.8 Å². The van der Waals surface area contributed by atoms with Crippen LogP contribution in [0.15, 0.2) is 24.5 Å². The van der Waals surface area contributed by atoms with E-state index in [0.29, 0.717) is 24.4 Å². The number of carbonyl (C=O) groups is 2. The van der Waals surface area contributed by atoms with E-state index in [1.165, 1.54) is 12.4 Å². The molecule has 9 heteroatoms. The van der Waals surface area contributed by atoms with E-state index in [-0.39, 0.29) is 36.1 Å². The van der Waals surface area contributed by atoms with Crippen LogP contribution in [0.5, 0.6) is 0 Å². The van der Waals surface area contributed by atoms with Crippen molar-refractivity contribution in [1.29, 1.82) is 0 Å². The van der Waals surface area contributed by atoms with Gasteiger partial charge in [-0.25, -0.2) is 9.78 Å². The Morgan fingerprint density at radius 3 is 2.31 bits per heavy atom. The molecular weight excluding hydrogens is 423 g/mol. The SMILES string of the molecule is CC(C)(C)OC(=O)N1C[C@@H]2C(C(=O)CC(C)(C)c3ncc4cc(C(F)(F)F)ccn34)[C@@H]2C1. The van der Waals surface area contributed by atoms with E-state index < -0.39 is 22.8 Å². The lowest BCUT2D eigenvalue weighted by atomic mass is 9.84. The van der Waals surface area contributed by atoms with Crippen molar-refractivity contribution in [2.75, 3.05) is 13.1 Å². The number of hydrogen-bond donors (Lipinski definition) is 0.